The van der Waals surface area contributed by atoms with Gasteiger partial charge in [0.25, 0.3) is 5.91 Å². The van der Waals surface area contributed by atoms with Crippen molar-refractivity contribution in [3.63, 3.8) is 0 Å². The molecule has 1 saturated heterocycles. The van der Waals surface area contributed by atoms with Crippen LogP contribution in [0.1, 0.15) is 41.8 Å². The molecule has 0 spiro atoms. The summed E-state index contributed by atoms with van der Waals surface area (Å²) in [6, 6.07) is 11.1. The third-order valence-corrected chi connectivity index (χ3v) is 4.62. The summed E-state index contributed by atoms with van der Waals surface area (Å²) in [5, 5.41) is 0. The molecule has 1 atom stereocenters. The lowest BCUT2D eigenvalue weighted by Gasteiger charge is -2.32. The number of halogens is 1. The Hall–Kier alpha value is -2.76. The number of rotatable bonds is 3. The smallest absolute Gasteiger partial charge is 0.253 e. The fraction of sp³-hybridized carbons (Fsp3) is 0.381. The number of amides is 1. The minimum atomic E-state index is -0.375. The molecule has 2 aromatic rings. The van der Waals surface area contributed by atoms with Crippen LogP contribution in [0.4, 0.5) is 4.39 Å². The average Bonchev–Trinajstić information content (AvgIpc) is 2.67. The van der Waals surface area contributed by atoms with Gasteiger partial charge in [0.1, 0.15) is 11.3 Å². The van der Waals surface area contributed by atoms with E-state index in [0.717, 1.165) is 12.8 Å². The molecule has 0 aliphatic carbocycles. The van der Waals surface area contributed by atoms with E-state index < -0.39 is 0 Å². The van der Waals surface area contributed by atoms with Gasteiger partial charge in [0.05, 0.1) is 5.92 Å². The van der Waals surface area contributed by atoms with Crippen molar-refractivity contribution in [2.45, 2.75) is 32.7 Å². The molecule has 1 aliphatic heterocycles. The topological polar surface area (TPSA) is 54.7 Å². The maximum atomic E-state index is 13.1. The van der Waals surface area contributed by atoms with E-state index in [1.165, 1.54) is 24.3 Å². The Morgan fingerprint density at radius 1 is 1.15 bits per heavy atom. The summed E-state index contributed by atoms with van der Waals surface area (Å²) in [6.07, 6.45) is 3.22. The third-order valence-electron chi connectivity index (χ3n) is 4.62. The largest absolute Gasteiger partial charge is 0.338 e. The quantitative estimate of drug-likeness (QED) is 0.835. The normalized spacial score (nSPS) is 18.0. The van der Waals surface area contributed by atoms with Gasteiger partial charge in [-0.1, -0.05) is 6.07 Å². The molecule has 0 bridgehead atoms. The van der Waals surface area contributed by atoms with Gasteiger partial charge < -0.3 is 4.90 Å². The van der Waals surface area contributed by atoms with Crippen LogP contribution in [-0.4, -0.2) is 40.4 Å². The van der Waals surface area contributed by atoms with Crippen molar-refractivity contribution in [1.29, 1.82) is 0 Å². The van der Waals surface area contributed by atoms with Gasteiger partial charge in [-0.15, -0.1) is 0 Å². The van der Waals surface area contributed by atoms with Gasteiger partial charge in [-0.05, 0) is 63.1 Å². The molecule has 1 aliphatic rings. The molecule has 1 amide bonds. The molecule has 1 aromatic carbocycles. The van der Waals surface area contributed by atoms with Crippen LogP contribution in [0.5, 0.6) is 0 Å². The highest BCUT2D eigenvalue weighted by Gasteiger charge is 2.29. The Morgan fingerprint density at radius 3 is 2.59 bits per heavy atom. The molecule has 0 saturated carbocycles. The van der Waals surface area contributed by atoms with E-state index in [9.17, 15) is 14.0 Å². The second kappa shape index (κ2) is 8.29. The molecule has 142 valence electrons. The number of nitrogens with zero attached hydrogens (tertiary/aromatic N) is 3. The average molecular weight is 369 g/mol. The molecule has 27 heavy (non-hydrogen) atoms. The number of benzene rings is 1. The van der Waals surface area contributed by atoms with Gasteiger partial charge in [-0.2, -0.15) is 0 Å². The first-order chi connectivity index (χ1) is 13.0. The Bertz CT molecular complexity index is 887. The van der Waals surface area contributed by atoms with Crippen molar-refractivity contribution in [2.24, 2.45) is 10.9 Å². The van der Waals surface area contributed by atoms with Crippen molar-refractivity contribution in [1.82, 2.24) is 9.47 Å². The lowest BCUT2D eigenvalue weighted by Crippen LogP contribution is -2.45. The summed E-state index contributed by atoms with van der Waals surface area (Å²) in [4.78, 5) is 32.0. The fourth-order valence-corrected chi connectivity index (χ4v) is 3.33. The van der Waals surface area contributed by atoms with Crippen molar-refractivity contribution in [3.8, 4) is 0 Å². The van der Waals surface area contributed by atoms with Crippen LogP contribution in [0, 0.1) is 11.7 Å². The van der Waals surface area contributed by atoms with Crippen molar-refractivity contribution in [3.05, 3.63) is 65.5 Å². The van der Waals surface area contributed by atoms with Crippen molar-refractivity contribution < 1.29 is 14.0 Å². The molecular formula is C21H24FN3O2. The summed E-state index contributed by atoms with van der Waals surface area (Å²) in [7, 11) is 0. The maximum absolute atomic E-state index is 13.1. The van der Waals surface area contributed by atoms with Gasteiger partial charge in [0.15, 0.2) is 0 Å². The highest BCUT2D eigenvalue weighted by Crippen LogP contribution is 2.20. The van der Waals surface area contributed by atoms with Crippen LogP contribution in [0.2, 0.25) is 0 Å². The molecule has 2 heterocycles. The number of likely N-dealkylation sites (tertiary alicyclic amines) is 1. The Kier molecular flexibility index (Phi) is 5.84. The predicted molar refractivity (Wildman–Crippen MR) is 101 cm³/mol. The summed E-state index contributed by atoms with van der Waals surface area (Å²) in [5.74, 6) is -0.874. The van der Waals surface area contributed by atoms with Gasteiger partial charge in [0.2, 0.25) is 5.91 Å². The summed E-state index contributed by atoms with van der Waals surface area (Å²) in [5.41, 5.74) is 1.06. The predicted octanol–water partition coefficient (Wildman–Crippen LogP) is 3.13. The lowest BCUT2D eigenvalue weighted by atomic mass is 9.96. The van der Waals surface area contributed by atoms with Crippen LogP contribution in [0.15, 0.2) is 53.7 Å². The highest BCUT2D eigenvalue weighted by atomic mass is 19.1. The monoisotopic (exact) mass is 369 g/mol. The Balaban J connectivity index is 1.79. The fourth-order valence-electron chi connectivity index (χ4n) is 3.33. The second-order valence-electron chi connectivity index (χ2n) is 7.09. The number of hydrogen-bond donors (Lipinski definition) is 0. The number of piperidine rings is 1. The molecule has 1 fully saturated rings. The number of carbonyl (C=O) groups excluding carboxylic acids is 2. The Morgan fingerprint density at radius 2 is 1.89 bits per heavy atom. The first kappa shape index (κ1) is 19.0. The minimum Gasteiger partial charge on any atom is -0.338 e. The first-order valence-electron chi connectivity index (χ1n) is 9.26. The van der Waals surface area contributed by atoms with E-state index in [4.69, 9.17) is 0 Å². The SMILES string of the molecule is CC(C)N=c1ccccn1C(=O)C1CCCN(C(=O)c2ccc(F)cc2)C1. The number of carbonyl (C=O) groups is 2. The van der Waals surface area contributed by atoms with Gasteiger partial charge in [-0.3, -0.25) is 19.1 Å². The lowest BCUT2D eigenvalue weighted by molar-refractivity contribution is 0.0603. The number of hydrogen-bond acceptors (Lipinski definition) is 3. The van der Waals surface area contributed by atoms with E-state index in [1.54, 1.807) is 15.7 Å². The molecule has 1 unspecified atom stereocenters. The van der Waals surface area contributed by atoms with Crippen LogP contribution < -0.4 is 5.49 Å². The van der Waals surface area contributed by atoms with Gasteiger partial charge >= 0.3 is 0 Å². The molecule has 5 nitrogen and oxygen atoms in total. The summed E-state index contributed by atoms with van der Waals surface area (Å²) in [6.45, 7) is 4.89. The summed E-state index contributed by atoms with van der Waals surface area (Å²) >= 11 is 0. The zero-order valence-electron chi connectivity index (χ0n) is 15.6. The van der Waals surface area contributed by atoms with E-state index >= 15 is 0 Å². The molecule has 0 radical (unpaired) electrons. The van der Waals surface area contributed by atoms with Crippen LogP contribution >= 0.6 is 0 Å². The zero-order chi connectivity index (χ0) is 19.4. The molecule has 6 heteroatoms. The number of pyridine rings is 1. The molecule has 0 N–H and O–H groups in total. The summed E-state index contributed by atoms with van der Waals surface area (Å²) < 4.78 is 14.7. The van der Waals surface area contributed by atoms with Crippen LogP contribution in [0.3, 0.4) is 0 Å². The standard InChI is InChI=1S/C21H24FN3O2/c1-15(2)23-19-7-3-4-13-25(19)21(27)17-6-5-12-24(14-17)20(26)16-8-10-18(22)11-9-16/h3-4,7-11,13,15,17H,5-6,12,14H2,1-2H3. The minimum absolute atomic E-state index is 0.0494. The van der Waals surface area contributed by atoms with Crippen molar-refractivity contribution >= 4 is 11.8 Å². The van der Waals surface area contributed by atoms with E-state index in [0.29, 0.717) is 24.1 Å². The maximum Gasteiger partial charge on any atom is 0.253 e. The van der Waals surface area contributed by atoms with Crippen molar-refractivity contribution in [2.75, 3.05) is 13.1 Å². The third kappa shape index (κ3) is 4.51. The molecule has 1 aromatic heterocycles. The van der Waals surface area contributed by atoms with E-state index in [1.807, 2.05) is 32.0 Å². The van der Waals surface area contributed by atoms with E-state index in [-0.39, 0.29) is 29.6 Å². The van der Waals surface area contributed by atoms with Gasteiger partial charge in [0, 0.05) is 30.9 Å². The Labute approximate surface area is 158 Å². The van der Waals surface area contributed by atoms with Gasteiger partial charge in [-0.25, -0.2) is 4.39 Å². The number of aromatic nitrogens is 1. The molecule has 3 rings (SSSR count). The zero-order valence-corrected chi connectivity index (χ0v) is 15.6. The highest BCUT2D eigenvalue weighted by molar-refractivity contribution is 5.94. The van der Waals surface area contributed by atoms with Crippen LogP contribution in [0.25, 0.3) is 0 Å². The molecular weight excluding hydrogens is 345 g/mol. The first-order valence-corrected chi connectivity index (χ1v) is 9.26. The van der Waals surface area contributed by atoms with Crippen LogP contribution in [-0.2, 0) is 0 Å². The van der Waals surface area contributed by atoms with E-state index in [2.05, 4.69) is 4.99 Å². The second-order valence-corrected chi connectivity index (χ2v) is 7.09.